The van der Waals surface area contributed by atoms with E-state index in [1.807, 2.05) is 13.8 Å². The van der Waals surface area contributed by atoms with E-state index < -0.39 is 34.1 Å². The number of nitrogens with one attached hydrogen (secondary N) is 2. The second-order valence-corrected chi connectivity index (χ2v) is 14.8. The van der Waals surface area contributed by atoms with Crippen molar-refractivity contribution in [1.82, 2.24) is 14.4 Å². The highest BCUT2D eigenvalue weighted by molar-refractivity contribution is 7.89. The molecular weight excluding hydrogens is 666 g/mol. The number of likely N-dealkylation sites (N-methyl/N-ethyl adjacent to an activating group) is 1. The molecule has 4 atom stereocenters. The maximum Gasteiger partial charge on any atom is 0.323 e. The predicted molar refractivity (Wildman–Crippen MR) is 188 cm³/mol. The standard InChI is InChI=1S/C35H49N5O9S/c1-22-19-40(23(2)21-41)34(42)30-18-27(36-35(43)37-33-25(4)38-49-26(33)5)11-16-31(30)48-24(3)10-8-9-17-47-32(22)20-39(6)50(44,45)29-14-12-28(46-7)13-15-29/h11-16,18,22-24,32,41H,8-10,17,19-21H2,1-7H3,(H2,36,37,43)/t22-,23-,24+,32-/m0/s1. The minimum Gasteiger partial charge on any atom is -0.497 e. The Morgan fingerprint density at radius 2 is 1.86 bits per heavy atom. The molecule has 0 fully saturated rings. The summed E-state index contributed by atoms with van der Waals surface area (Å²) in [6.45, 7) is 9.18. The zero-order chi connectivity index (χ0) is 36.6. The van der Waals surface area contributed by atoms with Gasteiger partial charge < -0.3 is 39.4 Å². The van der Waals surface area contributed by atoms with Gasteiger partial charge >= 0.3 is 6.03 Å². The number of anilines is 2. The van der Waals surface area contributed by atoms with Crippen molar-refractivity contribution in [3.8, 4) is 11.5 Å². The molecule has 1 aliphatic rings. The van der Waals surface area contributed by atoms with Gasteiger partial charge in [-0.15, -0.1) is 0 Å². The number of hydrogen-bond acceptors (Lipinski definition) is 10. The van der Waals surface area contributed by atoms with E-state index in [0.717, 1.165) is 12.8 Å². The summed E-state index contributed by atoms with van der Waals surface area (Å²) >= 11 is 0. The van der Waals surface area contributed by atoms with Crippen LogP contribution >= 0.6 is 0 Å². The summed E-state index contributed by atoms with van der Waals surface area (Å²) in [5, 5.41) is 19.6. The van der Waals surface area contributed by atoms with E-state index in [0.29, 0.717) is 47.4 Å². The van der Waals surface area contributed by atoms with Gasteiger partial charge in [-0.25, -0.2) is 13.2 Å². The number of aromatic nitrogens is 1. The number of hydrogen-bond donors (Lipinski definition) is 3. The number of nitrogens with zero attached hydrogens (tertiary/aromatic N) is 3. The molecule has 15 heteroatoms. The number of rotatable bonds is 9. The quantitative estimate of drug-likeness (QED) is 0.272. The molecule has 0 saturated heterocycles. The average Bonchev–Trinajstić information content (AvgIpc) is 3.41. The van der Waals surface area contributed by atoms with Crippen LogP contribution in [0, 0.1) is 19.8 Å². The molecule has 1 aromatic heterocycles. The first-order chi connectivity index (χ1) is 23.7. The molecule has 4 rings (SSSR count). The van der Waals surface area contributed by atoms with Crippen LogP contribution in [0.1, 0.15) is 61.8 Å². The smallest absolute Gasteiger partial charge is 0.323 e. The van der Waals surface area contributed by atoms with Crippen molar-refractivity contribution < 1.29 is 41.8 Å². The minimum atomic E-state index is -3.86. The van der Waals surface area contributed by atoms with Crippen molar-refractivity contribution in [1.29, 1.82) is 0 Å². The monoisotopic (exact) mass is 715 g/mol. The van der Waals surface area contributed by atoms with Crippen molar-refractivity contribution in [2.45, 2.75) is 77.0 Å². The average molecular weight is 716 g/mol. The van der Waals surface area contributed by atoms with Gasteiger partial charge in [-0.05, 0) is 89.4 Å². The van der Waals surface area contributed by atoms with Crippen molar-refractivity contribution >= 4 is 33.3 Å². The Labute approximate surface area is 294 Å². The molecule has 0 aliphatic carbocycles. The number of fused-ring (bicyclic) bond motifs is 1. The van der Waals surface area contributed by atoms with Crippen LogP contribution in [0.5, 0.6) is 11.5 Å². The van der Waals surface area contributed by atoms with Gasteiger partial charge in [0.2, 0.25) is 10.0 Å². The lowest BCUT2D eigenvalue weighted by Crippen LogP contribution is -2.48. The highest BCUT2D eigenvalue weighted by Gasteiger charge is 2.32. The molecule has 3 amide bonds. The Bertz CT molecular complexity index is 1690. The summed E-state index contributed by atoms with van der Waals surface area (Å²) < 4.78 is 51.2. The number of aliphatic hydroxyl groups is 1. The lowest BCUT2D eigenvalue weighted by atomic mass is 10.0. The lowest BCUT2D eigenvalue weighted by Gasteiger charge is -2.35. The molecule has 0 radical (unpaired) electrons. The zero-order valence-electron chi connectivity index (χ0n) is 29.8. The van der Waals surface area contributed by atoms with Gasteiger partial charge in [0, 0.05) is 38.3 Å². The van der Waals surface area contributed by atoms with Crippen molar-refractivity contribution in [3.05, 3.63) is 59.5 Å². The summed E-state index contributed by atoms with van der Waals surface area (Å²) in [6, 6.07) is 9.87. The van der Waals surface area contributed by atoms with E-state index in [4.69, 9.17) is 18.7 Å². The number of aliphatic hydroxyl groups excluding tert-OH is 1. The molecule has 0 spiro atoms. The second-order valence-electron chi connectivity index (χ2n) is 12.8. The number of amides is 3. The third-order valence-corrected chi connectivity index (χ3v) is 10.6. The van der Waals surface area contributed by atoms with Crippen LogP contribution in [-0.4, -0.2) is 98.5 Å². The number of methoxy groups -OCH3 is 1. The molecule has 0 saturated carbocycles. The Morgan fingerprint density at radius 3 is 2.50 bits per heavy atom. The third-order valence-electron chi connectivity index (χ3n) is 8.79. The summed E-state index contributed by atoms with van der Waals surface area (Å²) in [7, 11) is -0.847. The van der Waals surface area contributed by atoms with Gasteiger partial charge in [0.05, 0.1) is 42.4 Å². The van der Waals surface area contributed by atoms with E-state index in [2.05, 4.69) is 15.8 Å². The van der Waals surface area contributed by atoms with Gasteiger partial charge in [0.1, 0.15) is 22.9 Å². The van der Waals surface area contributed by atoms with Crippen LogP contribution in [0.4, 0.5) is 16.2 Å². The topological polar surface area (TPSA) is 173 Å². The van der Waals surface area contributed by atoms with Crippen LogP contribution in [0.25, 0.3) is 0 Å². The first-order valence-electron chi connectivity index (χ1n) is 16.7. The summed E-state index contributed by atoms with van der Waals surface area (Å²) in [4.78, 5) is 29.0. The zero-order valence-corrected chi connectivity index (χ0v) is 30.6. The number of urea groups is 1. The molecule has 50 heavy (non-hydrogen) atoms. The van der Waals surface area contributed by atoms with Crippen molar-refractivity contribution in [2.75, 3.05) is 51.1 Å². The highest BCUT2D eigenvalue weighted by Crippen LogP contribution is 2.29. The molecule has 2 aromatic carbocycles. The van der Waals surface area contributed by atoms with Crippen molar-refractivity contribution in [2.24, 2.45) is 5.92 Å². The van der Waals surface area contributed by atoms with Crippen LogP contribution in [0.3, 0.4) is 0 Å². The summed E-state index contributed by atoms with van der Waals surface area (Å²) in [5.74, 6) is 0.563. The Balaban J connectivity index is 1.62. The molecule has 1 aliphatic heterocycles. The summed E-state index contributed by atoms with van der Waals surface area (Å²) in [6.07, 6.45) is 1.36. The van der Waals surface area contributed by atoms with Crippen LogP contribution in [-0.2, 0) is 14.8 Å². The molecule has 0 bridgehead atoms. The molecule has 14 nitrogen and oxygen atoms in total. The Hall–Kier alpha value is -4.18. The van der Waals surface area contributed by atoms with E-state index >= 15 is 0 Å². The van der Waals surface area contributed by atoms with Gasteiger partial charge in [0.25, 0.3) is 5.91 Å². The van der Waals surface area contributed by atoms with Crippen molar-refractivity contribution in [3.63, 3.8) is 0 Å². The SMILES string of the molecule is COc1ccc(S(=O)(=O)N(C)C[C@@H]2OCCCC[C@@H](C)Oc3ccc(NC(=O)Nc4c(C)noc4C)cc3C(=O)N([C@@H](C)CO)C[C@@H]2C)cc1. The largest absolute Gasteiger partial charge is 0.497 e. The summed E-state index contributed by atoms with van der Waals surface area (Å²) in [5.41, 5.74) is 1.52. The number of ether oxygens (including phenoxy) is 3. The predicted octanol–water partition coefficient (Wildman–Crippen LogP) is 5.06. The normalized spacial score (nSPS) is 20.0. The van der Waals surface area contributed by atoms with Gasteiger partial charge in [-0.2, -0.15) is 4.31 Å². The molecular formula is C35H49N5O9S. The van der Waals surface area contributed by atoms with Gasteiger partial charge in [0.15, 0.2) is 5.76 Å². The number of aryl methyl sites for hydroxylation is 2. The highest BCUT2D eigenvalue weighted by atomic mass is 32.2. The maximum absolute atomic E-state index is 14.4. The van der Waals surface area contributed by atoms with E-state index in [1.165, 1.54) is 35.5 Å². The Kier molecular flexibility index (Phi) is 13.3. The molecule has 2 heterocycles. The molecule has 274 valence electrons. The number of sulfonamides is 1. The Morgan fingerprint density at radius 1 is 1.14 bits per heavy atom. The lowest BCUT2D eigenvalue weighted by molar-refractivity contribution is -0.00834. The van der Waals surface area contributed by atoms with E-state index in [-0.39, 0.29) is 42.2 Å². The van der Waals surface area contributed by atoms with E-state index in [9.17, 15) is 23.1 Å². The fourth-order valence-electron chi connectivity index (χ4n) is 5.68. The second kappa shape index (κ2) is 17.2. The fourth-order valence-corrected chi connectivity index (χ4v) is 6.86. The number of carbonyl (C=O) groups excluding carboxylic acids is 2. The van der Waals surface area contributed by atoms with E-state index in [1.54, 1.807) is 51.1 Å². The number of benzene rings is 2. The molecule has 3 aromatic rings. The third kappa shape index (κ3) is 9.53. The minimum absolute atomic E-state index is 0.0372. The van der Waals surface area contributed by atoms with Crippen LogP contribution < -0.4 is 20.1 Å². The first-order valence-corrected chi connectivity index (χ1v) is 18.1. The molecule has 0 unspecified atom stereocenters. The van der Waals surface area contributed by atoms with Crippen LogP contribution in [0.15, 0.2) is 51.9 Å². The molecule has 3 N–H and O–H groups in total. The number of carbonyl (C=O) groups is 2. The first kappa shape index (κ1) is 38.6. The maximum atomic E-state index is 14.4. The van der Waals surface area contributed by atoms with Gasteiger partial charge in [-0.1, -0.05) is 12.1 Å². The van der Waals surface area contributed by atoms with Crippen LogP contribution in [0.2, 0.25) is 0 Å². The fraction of sp³-hybridized carbons (Fsp3) is 0.514. The van der Waals surface area contributed by atoms with Gasteiger partial charge in [-0.3, -0.25) is 4.79 Å².